The number of nitrogens with two attached hydrogens (primary N) is 1. The highest BCUT2D eigenvalue weighted by atomic mass is 14.7. The molecule has 2 N–H and O–H groups in total. The van der Waals surface area contributed by atoms with Crippen molar-refractivity contribution in [3.63, 3.8) is 0 Å². The molecule has 0 amide bonds. The monoisotopic (exact) mass is 248 g/mol. The summed E-state index contributed by atoms with van der Waals surface area (Å²) in [6, 6.07) is 5.96. The van der Waals surface area contributed by atoms with E-state index in [2.05, 4.69) is 23.2 Å². The third-order valence-corrected chi connectivity index (χ3v) is 3.20. The van der Waals surface area contributed by atoms with Crippen molar-refractivity contribution >= 4 is 24.6 Å². The lowest BCUT2D eigenvalue weighted by molar-refractivity contribution is 1.17. The van der Waals surface area contributed by atoms with Gasteiger partial charge in [0.25, 0.3) is 0 Å². The van der Waals surface area contributed by atoms with Gasteiger partial charge in [-0.25, -0.2) is 0 Å². The number of allylic oxidation sites excluding steroid dienone is 3. The first-order chi connectivity index (χ1) is 9.11. The molecule has 1 aliphatic rings. The molecule has 1 heterocycles. The van der Waals surface area contributed by atoms with Gasteiger partial charge in [0.05, 0.1) is 0 Å². The Bertz CT molecular complexity index is 607. The minimum absolute atomic E-state index is 0.483. The standard InChI is InChI=1S/C16H17BN2/c1-11-8-14(7-6-13(9-18)10-19-11)15-4-3-5-16(17)12(15)2/h3-8,10H,9,18H2,1-2H3/b7-6?,11-8?,13-6?,13-10-,14-7?,14-8?,19-10?,19-11?. The summed E-state index contributed by atoms with van der Waals surface area (Å²) in [7, 11) is 5.97. The highest BCUT2D eigenvalue weighted by Gasteiger charge is 2.06. The van der Waals surface area contributed by atoms with Gasteiger partial charge in [0.2, 0.25) is 0 Å². The second-order valence-corrected chi connectivity index (χ2v) is 4.63. The molecule has 1 aromatic rings. The van der Waals surface area contributed by atoms with E-state index in [4.69, 9.17) is 13.6 Å². The summed E-state index contributed by atoms with van der Waals surface area (Å²) in [5.74, 6) is 0. The maximum atomic E-state index is 5.97. The van der Waals surface area contributed by atoms with Crippen LogP contribution in [-0.2, 0) is 0 Å². The van der Waals surface area contributed by atoms with Gasteiger partial charge in [0.1, 0.15) is 7.85 Å². The van der Waals surface area contributed by atoms with Gasteiger partial charge in [-0.1, -0.05) is 41.4 Å². The van der Waals surface area contributed by atoms with Crippen molar-refractivity contribution in [2.24, 2.45) is 10.7 Å². The number of hydrogen-bond donors (Lipinski definition) is 1. The quantitative estimate of drug-likeness (QED) is 0.799. The summed E-state index contributed by atoms with van der Waals surface area (Å²) in [6.45, 7) is 4.49. The molecule has 1 aliphatic heterocycles. The molecule has 0 bridgehead atoms. The molecular weight excluding hydrogens is 231 g/mol. The molecule has 19 heavy (non-hydrogen) atoms. The summed E-state index contributed by atoms with van der Waals surface area (Å²) in [5, 5.41) is 0. The number of aliphatic imine (C=N–C) groups is 1. The van der Waals surface area contributed by atoms with Crippen molar-refractivity contribution in [3.8, 4) is 0 Å². The number of hydrogen-bond acceptors (Lipinski definition) is 2. The van der Waals surface area contributed by atoms with Crippen LogP contribution in [0.5, 0.6) is 0 Å². The summed E-state index contributed by atoms with van der Waals surface area (Å²) in [6.07, 6.45) is 7.94. The third kappa shape index (κ3) is 3.12. The van der Waals surface area contributed by atoms with Crippen LogP contribution in [0.4, 0.5) is 0 Å². The van der Waals surface area contributed by atoms with Crippen molar-refractivity contribution in [1.82, 2.24) is 0 Å². The van der Waals surface area contributed by atoms with E-state index >= 15 is 0 Å². The Labute approximate surface area is 115 Å². The molecule has 0 aliphatic carbocycles. The SMILES string of the molecule is [B]c1cccc(C2=CC(C)=N/C=C(\CN)C=C2)c1C. The molecule has 0 atom stereocenters. The second kappa shape index (κ2) is 5.85. The molecule has 3 heteroatoms. The summed E-state index contributed by atoms with van der Waals surface area (Å²) in [4.78, 5) is 4.38. The lowest BCUT2D eigenvalue weighted by atomic mass is 9.86. The van der Waals surface area contributed by atoms with Crippen LogP contribution in [0.2, 0.25) is 0 Å². The fourth-order valence-corrected chi connectivity index (χ4v) is 1.99. The molecule has 2 radical (unpaired) electrons. The topological polar surface area (TPSA) is 38.4 Å². The normalized spacial score (nSPS) is 17.9. The smallest absolute Gasteiger partial charge is 0.114 e. The Morgan fingerprint density at radius 3 is 2.74 bits per heavy atom. The number of benzene rings is 1. The van der Waals surface area contributed by atoms with Gasteiger partial charge in [-0.05, 0) is 36.6 Å². The van der Waals surface area contributed by atoms with Crippen LogP contribution < -0.4 is 11.2 Å². The number of nitrogens with zero attached hydrogens (tertiary/aromatic N) is 1. The fourth-order valence-electron chi connectivity index (χ4n) is 1.99. The zero-order valence-corrected chi connectivity index (χ0v) is 11.4. The predicted molar refractivity (Wildman–Crippen MR) is 83.9 cm³/mol. The molecule has 0 spiro atoms. The molecule has 2 nitrogen and oxygen atoms in total. The van der Waals surface area contributed by atoms with E-state index in [1.165, 1.54) is 0 Å². The third-order valence-electron chi connectivity index (χ3n) is 3.20. The maximum Gasteiger partial charge on any atom is 0.114 e. The number of rotatable bonds is 2. The Morgan fingerprint density at radius 2 is 2.00 bits per heavy atom. The Morgan fingerprint density at radius 1 is 1.21 bits per heavy atom. The summed E-state index contributed by atoms with van der Waals surface area (Å²) in [5.41, 5.74) is 11.8. The largest absolute Gasteiger partial charge is 0.326 e. The van der Waals surface area contributed by atoms with Crippen LogP contribution in [0, 0.1) is 6.92 Å². The van der Waals surface area contributed by atoms with Crippen LogP contribution in [0.25, 0.3) is 5.57 Å². The lowest BCUT2D eigenvalue weighted by Gasteiger charge is -2.11. The van der Waals surface area contributed by atoms with E-state index in [0.717, 1.165) is 33.4 Å². The van der Waals surface area contributed by atoms with Crippen molar-refractivity contribution in [2.75, 3.05) is 6.54 Å². The molecule has 0 unspecified atom stereocenters. The lowest BCUT2D eigenvalue weighted by Crippen LogP contribution is -2.09. The zero-order chi connectivity index (χ0) is 13.8. The molecule has 0 saturated heterocycles. The van der Waals surface area contributed by atoms with E-state index in [0.29, 0.717) is 6.54 Å². The summed E-state index contributed by atoms with van der Waals surface area (Å²) >= 11 is 0. The first-order valence-electron chi connectivity index (χ1n) is 6.30. The summed E-state index contributed by atoms with van der Waals surface area (Å²) < 4.78 is 0. The van der Waals surface area contributed by atoms with Gasteiger partial charge >= 0.3 is 0 Å². The van der Waals surface area contributed by atoms with Crippen LogP contribution in [0.15, 0.2) is 53.2 Å². The van der Waals surface area contributed by atoms with E-state index in [-0.39, 0.29) is 0 Å². The van der Waals surface area contributed by atoms with Crippen LogP contribution in [0.1, 0.15) is 18.1 Å². The highest BCUT2D eigenvalue weighted by Crippen LogP contribution is 2.20. The van der Waals surface area contributed by atoms with Crippen molar-refractivity contribution < 1.29 is 0 Å². The highest BCUT2D eigenvalue weighted by molar-refractivity contribution is 6.33. The van der Waals surface area contributed by atoms with Gasteiger partial charge in [-0.3, -0.25) is 4.99 Å². The molecule has 1 aromatic carbocycles. The van der Waals surface area contributed by atoms with Gasteiger partial charge in [-0.15, -0.1) is 0 Å². The molecule has 2 rings (SSSR count). The average Bonchev–Trinajstić information content (AvgIpc) is 2.38. The van der Waals surface area contributed by atoms with Crippen LogP contribution >= 0.6 is 0 Å². The van der Waals surface area contributed by atoms with Crippen molar-refractivity contribution in [3.05, 3.63) is 59.3 Å². The van der Waals surface area contributed by atoms with Crippen LogP contribution in [0.3, 0.4) is 0 Å². The van der Waals surface area contributed by atoms with Crippen molar-refractivity contribution in [1.29, 1.82) is 0 Å². The average molecular weight is 248 g/mol. The first-order valence-corrected chi connectivity index (χ1v) is 6.30. The molecule has 0 aromatic heterocycles. The fraction of sp³-hybridized carbons (Fsp3) is 0.188. The van der Waals surface area contributed by atoms with Gasteiger partial charge in [0, 0.05) is 18.5 Å². The van der Waals surface area contributed by atoms with E-state index in [9.17, 15) is 0 Å². The predicted octanol–water partition coefficient (Wildman–Crippen LogP) is 2.05. The Kier molecular flexibility index (Phi) is 4.18. The minimum atomic E-state index is 0.483. The second-order valence-electron chi connectivity index (χ2n) is 4.63. The minimum Gasteiger partial charge on any atom is -0.326 e. The van der Waals surface area contributed by atoms with Gasteiger partial charge in [-0.2, -0.15) is 0 Å². The first kappa shape index (κ1) is 13.6. The van der Waals surface area contributed by atoms with Crippen LogP contribution in [-0.4, -0.2) is 20.1 Å². The molecule has 94 valence electrons. The van der Waals surface area contributed by atoms with Crippen molar-refractivity contribution in [2.45, 2.75) is 13.8 Å². The molecule has 0 fully saturated rings. The zero-order valence-electron chi connectivity index (χ0n) is 11.4. The van der Waals surface area contributed by atoms with E-state index in [1.54, 1.807) is 0 Å². The molecular formula is C16H17BN2. The maximum absolute atomic E-state index is 5.97. The molecule has 0 saturated carbocycles. The van der Waals surface area contributed by atoms with Gasteiger partial charge in [0.15, 0.2) is 0 Å². The van der Waals surface area contributed by atoms with E-state index in [1.807, 2.05) is 38.3 Å². The Balaban J connectivity index is 2.50. The Hall–Kier alpha value is -1.87. The van der Waals surface area contributed by atoms with E-state index < -0.39 is 0 Å². The van der Waals surface area contributed by atoms with Gasteiger partial charge < -0.3 is 5.73 Å².